The minimum atomic E-state index is 0.0794. The molecule has 2 heterocycles. The van der Waals surface area contributed by atoms with Crippen LogP contribution in [0, 0.1) is 0 Å². The van der Waals surface area contributed by atoms with E-state index in [0.717, 1.165) is 31.7 Å². The number of piperazine rings is 1. The molecule has 1 aromatic heterocycles. The number of pyridine rings is 1. The number of aromatic nitrogens is 1. The quantitative estimate of drug-likeness (QED) is 0.744. The van der Waals surface area contributed by atoms with Crippen LogP contribution < -0.4 is 10.6 Å². The fourth-order valence-electron chi connectivity index (χ4n) is 1.83. The van der Waals surface area contributed by atoms with E-state index in [-0.39, 0.29) is 5.91 Å². The van der Waals surface area contributed by atoms with Crippen LogP contribution in [0.2, 0.25) is 0 Å². The first-order valence-electron chi connectivity index (χ1n) is 5.93. The first-order valence-corrected chi connectivity index (χ1v) is 5.93. The van der Waals surface area contributed by atoms with E-state index in [4.69, 9.17) is 0 Å². The summed E-state index contributed by atoms with van der Waals surface area (Å²) in [4.78, 5) is 17.9. The summed E-state index contributed by atoms with van der Waals surface area (Å²) in [7, 11) is 0. The highest BCUT2D eigenvalue weighted by molar-refractivity contribution is 5.78. The van der Waals surface area contributed by atoms with Crippen LogP contribution in [0.15, 0.2) is 24.5 Å². The summed E-state index contributed by atoms with van der Waals surface area (Å²) in [5, 5.41) is 6.17. The molecule has 0 aliphatic carbocycles. The molecular weight excluding hydrogens is 216 g/mol. The Morgan fingerprint density at radius 3 is 3.00 bits per heavy atom. The predicted molar refractivity (Wildman–Crippen MR) is 65.4 cm³/mol. The summed E-state index contributed by atoms with van der Waals surface area (Å²) in [6, 6.07) is 3.83. The second kappa shape index (κ2) is 6.32. The van der Waals surface area contributed by atoms with Crippen molar-refractivity contribution in [2.24, 2.45) is 0 Å². The number of carbonyl (C=O) groups excluding carboxylic acids is 1. The lowest BCUT2D eigenvalue weighted by molar-refractivity contribution is -0.122. The molecule has 5 heteroatoms. The zero-order valence-corrected chi connectivity index (χ0v) is 9.85. The highest BCUT2D eigenvalue weighted by Crippen LogP contribution is 1.95. The second-order valence-electron chi connectivity index (χ2n) is 4.16. The fraction of sp³-hybridized carbons (Fsp3) is 0.500. The van der Waals surface area contributed by atoms with Crippen LogP contribution >= 0.6 is 0 Å². The highest BCUT2D eigenvalue weighted by atomic mass is 16.2. The van der Waals surface area contributed by atoms with E-state index in [1.807, 2.05) is 12.1 Å². The highest BCUT2D eigenvalue weighted by Gasteiger charge is 2.12. The Balaban J connectivity index is 1.70. The van der Waals surface area contributed by atoms with Gasteiger partial charge in [0.25, 0.3) is 0 Å². The number of amides is 1. The van der Waals surface area contributed by atoms with Crippen LogP contribution in [0.5, 0.6) is 0 Å². The summed E-state index contributed by atoms with van der Waals surface area (Å²) in [6.45, 7) is 4.87. The lowest BCUT2D eigenvalue weighted by Crippen LogP contribution is -2.47. The van der Waals surface area contributed by atoms with Gasteiger partial charge in [-0.2, -0.15) is 0 Å². The lowest BCUT2D eigenvalue weighted by Gasteiger charge is -2.26. The molecule has 1 amide bonds. The maximum Gasteiger partial charge on any atom is 0.234 e. The van der Waals surface area contributed by atoms with Crippen molar-refractivity contribution < 1.29 is 4.79 Å². The Labute approximate surface area is 101 Å². The molecule has 0 aromatic carbocycles. The van der Waals surface area contributed by atoms with E-state index in [1.165, 1.54) is 0 Å². The van der Waals surface area contributed by atoms with Gasteiger partial charge in [-0.25, -0.2) is 0 Å². The largest absolute Gasteiger partial charge is 0.351 e. The molecule has 0 saturated carbocycles. The minimum absolute atomic E-state index is 0.0794. The molecule has 1 saturated heterocycles. The van der Waals surface area contributed by atoms with Gasteiger partial charge in [0, 0.05) is 45.1 Å². The average molecular weight is 234 g/mol. The topological polar surface area (TPSA) is 57.3 Å². The second-order valence-corrected chi connectivity index (χ2v) is 4.16. The van der Waals surface area contributed by atoms with Crippen LogP contribution in [-0.4, -0.2) is 48.5 Å². The molecule has 92 valence electrons. The molecule has 1 aliphatic heterocycles. The standard InChI is InChI=1S/C12H18N4O/c17-12(10-16-6-4-13-5-7-16)15-9-11-2-1-3-14-8-11/h1-3,8,13H,4-7,9-10H2,(H,15,17). The van der Waals surface area contributed by atoms with Gasteiger partial charge in [-0.1, -0.05) is 6.07 Å². The first-order chi connectivity index (χ1) is 8.34. The molecule has 0 spiro atoms. The number of carbonyl (C=O) groups is 1. The van der Waals surface area contributed by atoms with Gasteiger partial charge in [-0.05, 0) is 11.6 Å². The Kier molecular flexibility index (Phi) is 4.46. The third-order valence-corrected chi connectivity index (χ3v) is 2.79. The zero-order chi connectivity index (χ0) is 11.9. The van der Waals surface area contributed by atoms with Gasteiger partial charge in [0.05, 0.1) is 6.54 Å². The number of rotatable bonds is 4. The minimum Gasteiger partial charge on any atom is -0.351 e. The molecule has 0 atom stereocenters. The third-order valence-electron chi connectivity index (χ3n) is 2.79. The molecular formula is C12H18N4O. The zero-order valence-electron chi connectivity index (χ0n) is 9.85. The van der Waals surface area contributed by atoms with Crippen LogP contribution in [0.4, 0.5) is 0 Å². The van der Waals surface area contributed by atoms with E-state index in [2.05, 4.69) is 20.5 Å². The maximum absolute atomic E-state index is 11.7. The fourth-order valence-corrected chi connectivity index (χ4v) is 1.83. The van der Waals surface area contributed by atoms with Crippen LogP contribution in [-0.2, 0) is 11.3 Å². The van der Waals surface area contributed by atoms with Gasteiger partial charge in [0.1, 0.15) is 0 Å². The van der Waals surface area contributed by atoms with Gasteiger partial charge < -0.3 is 10.6 Å². The van der Waals surface area contributed by atoms with E-state index < -0.39 is 0 Å². The summed E-state index contributed by atoms with van der Waals surface area (Å²) in [5.41, 5.74) is 1.03. The number of nitrogens with one attached hydrogen (secondary N) is 2. The van der Waals surface area contributed by atoms with Crippen molar-refractivity contribution in [1.82, 2.24) is 20.5 Å². The molecule has 0 bridgehead atoms. The van der Waals surface area contributed by atoms with Crippen LogP contribution in [0.3, 0.4) is 0 Å². The molecule has 17 heavy (non-hydrogen) atoms. The molecule has 1 aliphatic rings. The van der Waals surface area contributed by atoms with Gasteiger partial charge >= 0.3 is 0 Å². The van der Waals surface area contributed by atoms with Gasteiger partial charge in [0.2, 0.25) is 5.91 Å². The van der Waals surface area contributed by atoms with Crippen molar-refractivity contribution in [2.45, 2.75) is 6.54 Å². The molecule has 1 fully saturated rings. The normalized spacial score (nSPS) is 16.7. The molecule has 2 N–H and O–H groups in total. The summed E-state index contributed by atoms with van der Waals surface area (Å²) in [6.07, 6.45) is 3.50. The Hall–Kier alpha value is -1.46. The third kappa shape index (κ3) is 4.13. The summed E-state index contributed by atoms with van der Waals surface area (Å²) in [5.74, 6) is 0.0794. The van der Waals surface area contributed by atoms with Crippen molar-refractivity contribution in [3.05, 3.63) is 30.1 Å². The van der Waals surface area contributed by atoms with Crippen molar-refractivity contribution in [2.75, 3.05) is 32.7 Å². The first kappa shape index (κ1) is 12.0. The maximum atomic E-state index is 11.7. The molecule has 1 aromatic rings. The summed E-state index contributed by atoms with van der Waals surface area (Å²) >= 11 is 0. The van der Waals surface area contributed by atoms with Gasteiger partial charge in [-0.15, -0.1) is 0 Å². The van der Waals surface area contributed by atoms with Crippen molar-refractivity contribution in [1.29, 1.82) is 0 Å². The number of hydrogen-bond donors (Lipinski definition) is 2. The van der Waals surface area contributed by atoms with Crippen molar-refractivity contribution in [3.8, 4) is 0 Å². The Bertz CT molecular complexity index is 349. The monoisotopic (exact) mass is 234 g/mol. The molecule has 0 unspecified atom stereocenters. The van der Waals surface area contributed by atoms with Gasteiger partial charge in [0.15, 0.2) is 0 Å². The Morgan fingerprint density at radius 1 is 1.47 bits per heavy atom. The summed E-state index contributed by atoms with van der Waals surface area (Å²) < 4.78 is 0. The van der Waals surface area contributed by atoms with E-state index in [1.54, 1.807) is 12.4 Å². The molecule has 2 rings (SSSR count). The molecule has 0 radical (unpaired) electrons. The SMILES string of the molecule is O=C(CN1CCNCC1)NCc1cccnc1. The van der Waals surface area contributed by atoms with Crippen molar-refractivity contribution in [3.63, 3.8) is 0 Å². The van der Waals surface area contributed by atoms with Crippen LogP contribution in [0.25, 0.3) is 0 Å². The number of hydrogen-bond acceptors (Lipinski definition) is 4. The smallest absolute Gasteiger partial charge is 0.234 e. The van der Waals surface area contributed by atoms with Crippen molar-refractivity contribution >= 4 is 5.91 Å². The van der Waals surface area contributed by atoms with Crippen LogP contribution in [0.1, 0.15) is 5.56 Å². The predicted octanol–water partition coefficient (Wildman–Crippen LogP) is -0.397. The molecule has 5 nitrogen and oxygen atoms in total. The Morgan fingerprint density at radius 2 is 2.29 bits per heavy atom. The van der Waals surface area contributed by atoms with Gasteiger partial charge in [-0.3, -0.25) is 14.7 Å². The van der Waals surface area contributed by atoms with E-state index >= 15 is 0 Å². The van der Waals surface area contributed by atoms with E-state index in [0.29, 0.717) is 13.1 Å². The lowest BCUT2D eigenvalue weighted by atomic mass is 10.3. The van der Waals surface area contributed by atoms with E-state index in [9.17, 15) is 4.79 Å². The average Bonchev–Trinajstić information content (AvgIpc) is 2.39. The number of nitrogens with zero attached hydrogens (tertiary/aromatic N) is 2.